The first-order chi connectivity index (χ1) is 16.6. The number of carbonyl (C=O) groups is 3. The van der Waals surface area contributed by atoms with E-state index in [0.29, 0.717) is 17.0 Å². The first-order valence-corrected chi connectivity index (χ1v) is 12.2. The van der Waals surface area contributed by atoms with Crippen LogP contribution in [0.15, 0.2) is 60.0 Å². The molecule has 0 saturated heterocycles. The molecule has 0 aromatic heterocycles. The van der Waals surface area contributed by atoms with Crippen molar-refractivity contribution < 1.29 is 29.3 Å². The van der Waals surface area contributed by atoms with Crippen molar-refractivity contribution in [2.75, 3.05) is 7.11 Å². The number of aliphatic hydroxyl groups excluding tert-OH is 1. The molecule has 0 aliphatic carbocycles. The summed E-state index contributed by atoms with van der Waals surface area (Å²) in [4.78, 5) is 38.8. The number of carbonyl (C=O) groups excluding carboxylic acids is 2. The highest BCUT2D eigenvalue weighted by Crippen LogP contribution is 2.38. The number of hydrogen-bond acceptors (Lipinski definition) is 6. The Hall–Kier alpha value is -3.30. The SMILES string of the molecule is COc1ccc(C2=CSC(C(C)C)C(=O)N2N(C(C)=O)[C@@H](Cc2ccccc2)C(O)C(=O)O)cc1. The number of carboxylic acid groups (broad SMARTS) is 1. The Morgan fingerprint density at radius 1 is 1.11 bits per heavy atom. The summed E-state index contributed by atoms with van der Waals surface area (Å²) in [6, 6.07) is 14.7. The van der Waals surface area contributed by atoms with Crippen molar-refractivity contribution in [1.29, 1.82) is 0 Å². The summed E-state index contributed by atoms with van der Waals surface area (Å²) in [5.41, 5.74) is 1.78. The molecule has 0 spiro atoms. The summed E-state index contributed by atoms with van der Waals surface area (Å²) >= 11 is 1.35. The largest absolute Gasteiger partial charge is 0.497 e. The van der Waals surface area contributed by atoms with Crippen LogP contribution in [-0.2, 0) is 20.8 Å². The average Bonchev–Trinajstić information content (AvgIpc) is 2.84. The molecule has 0 fully saturated rings. The lowest BCUT2D eigenvalue weighted by Crippen LogP contribution is -2.61. The normalized spacial score (nSPS) is 17.5. The summed E-state index contributed by atoms with van der Waals surface area (Å²) in [6.07, 6.45) is -1.89. The molecule has 0 bridgehead atoms. The summed E-state index contributed by atoms with van der Waals surface area (Å²) in [5, 5.41) is 24.0. The van der Waals surface area contributed by atoms with Crippen LogP contribution < -0.4 is 4.74 Å². The van der Waals surface area contributed by atoms with Gasteiger partial charge in [0.15, 0.2) is 6.10 Å². The van der Waals surface area contributed by atoms with Gasteiger partial charge in [0, 0.05) is 12.5 Å². The van der Waals surface area contributed by atoms with Crippen LogP contribution in [0.2, 0.25) is 0 Å². The number of amides is 2. The van der Waals surface area contributed by atoms with Crippen LogP contribution in [0.4, 0.5) is 0 Å². The Labute approximate surface area is 209 Å². The van der Waals surface area contributed by atoms with Gasteiger partial charge in [0.25, 0.3) is 5.91 Å². The van der Waals surface area contributed by atoms with E-state index >= 15 is 0 Å². The van der Waals surface area contributed by atoms with Crippen molar-refractivity contribution in [3.8, 4) is 5.75 Å². The van der Waals surface area contributed by atoms with Gasteiger partial charge in [-0.3, -0.25) is 9.59 Å². The van der Waals surface area contributed by atoms with Gasteiger partial charge in [-0.2, -0.15) is 0 Å². The Bertz CT molecular complexity index is 1090. The number of methoxy groups -OCH3 is 1. The van der Waals surface area contributed by atoms with Gasteiger partial charge >= 0.3 is 5.97 Å². The lowest BCUT2D eigenvalue weighted by Gasteiger charge is -2.45. The summed E-state index contributed by atoms with van der Waals surface area (Å²) in [7, 11) is 1.55. The van der Waals surface area contributed by atoms with Crippen molar-refractivity contribution >= 4 is 35.2 Å². The average molecular weight is 499 g/mol. The molecule has 9 heteroatoms. The van der Waals surface area contributed by atoms with Crippen LogP contribution in [0.3, 0.4) is 0 Å². The van der Waals surface area contributed by atoms with Gasteiger partial charge in [-0.1, -0.05) is 44.2 Å². The molecule has 2 unspecified atom stereocenters. The number of carboxylic acids is 1. The maximum absolute atomic E-state index is 13.8. The van der Waals surface area contributed by atoms with Gasteiger partial charge in [0.2, 0.25) is 5.91 Å². The Morgan fingerprint density at radius 3 is 2.26 bits per heavy atom. The van der Waals surface area contributed by atoms with Gasteiger partial charge in [-0.25, -0.2) is 14.8 Å². The van der Waals surface area contributed by atoms with Crippen molar-refractivity contribution in [2.24, 2.45) is 5.92 Å². The second-order valence-corrected chi connectivity index (χ2v) is 9.60. The topological polar surface area (TPSA) is 107 Å². The van der Waals surface area contributed by atoms with Crippen molar-refractivity contribution in [1.82, 2.24) is 10.0 Å². The van der Waals surface area contributed by atoms with Gasteiger partial charge in [0.1, 0.15) is 5.75 Å². The number of benzene rings is 2. The number of aliphatic carboxylic acids is 1. The second kappa shape index (κ2) is 11.4. The van der Waals surface area contributed by atoms with Crippen molar-refractivity contribution in [3.63, 3.8) is 0 Å². The van der Waals surface area contributed by atoms with E-state index in [-0.39, 0.29) is 18.2 Å². The second-order valence-electron chi connectivity index (χ2n) is 8.59. The number of hydrazine groups is 1. The quantitative estimate of drug-likeness (QED) is 0.546. The molecule has 2 N–H and O–H groups in total. The highest BCUT2D eigenvalue weighted by Gasteiger charge is 2.44. The van der Waals surface area contributed by atoms with Crippen LogP contribution in [0.5, 0.6) is 5.75 Å². The first-order valence-electron chi connectivity index (χ1n) is 11.2. The monoisotopic (exact) mass is 498 g/mol. The molecule has 186 valence electrons. The van der Waals surface area contributed by atoms with Crippen LogP contribution >= 0.6 is 11.8 Å². The smallest absolute Gasteiger partial charge is 0.334 e. The minimum absolute atomic E-state index is 0.0348. The molecule has 2 aromatic rings. The van der Waals surface area contributed by atoms with E-state index < -0.39 is 29.3 Å². The fourth-order valence-corrected chi connectivity index (χ4v) is 5.02. The number of rotatable bonds is 9. The Kier molecular flexibility index (Phi) is 8.58. The predicted molar refractivity (Wildman–Crippen MR) is 134 cm³/mol. The standard InChI is InChI=1S/C26H30N2O6S/c1-16(2)24-25(31)28(22(15-35-24)19-10-12-20(34-4)13-11-19)27(17(3)29)21(23(30)26(32)33)14-18-8-6-5-7-9-18/h5-13,15-16,21,23-24,30H,14H2,1-4H3,(H,32,33)/t21-,23?,24?/m0/s1. The molecule has 1 aliphatic rings. The summed E-state index contributed by atoms with van der Waals surface area (Å²) < 4.78 is 5.23. The Balaban J connectivity index is 2.15. The molecule has 8 nitrogen and oxygen atoms in total. The van der Waals surface area contributed by atoms with E-state index in [9.17, 15) is 24.6 Å². The molecular weight excluding hydrogens is 468 g/mol. The lowest BCUT2D eigenvalue weighted by molar-refractivity contribution is -0.170. The molecule has 0 radical (unpaired) electrons. The van der Waals surface area contributed by atoms with Crippen LogP contribution in [0.1, 0.15) is 31.9 Å². The molecule has 2 amide bonds. The molecular formula is C26H30N2O6S. The van der Waals surface area contributed by atoms with E-state index in [1.54, 1.807) is 61.0 Å². The van der Waals surface area contributed by atoms with Crippen LogP contribution in [0.25, 0.3) is 5.70 Å². The van der Waals surface area contributed by atoms with E-state index in [2.05, 4.69) is 0 Å². The third-order valence-electron chi connectivity index (χ3n) is 5.76. The molecule has 1 aliphatic heterocycles. The maximum Gasteiger partial charge on any atom is 0.334 e. The number of nitrogens with zero attached hydrogens (tertiary/aromatic N) is 2. The molecule has 3 rings (SSSR count). The highest BCUT2D eigenvalue weighted by atomic mass is 32.2. The van der Waals surface area contributed by atoms with Crippen molar-refractivity contribution in [2.45, 2.75) is 44.6 Å². The van der Waals surface area contributed by atoms with E-state index in [1.165, 1.54) is 23.7 Å². The van der Waals surface area contributed by atoms with E-state index in [4.69, 9.17) is 4.74 Å². The fraction of sp³-hybridized carbons (Fsp3) is 0.346. The number of aliphatic hydroxyl groups is 1. The van der Waals surface area contributed by atoms with Crippen LogP contribution in [-0.4, -0.2) is 62.5 Å². The zero-order chi connectivity index (χ0) is 25.7. The Morgan fingerprint density at radius 2 is 1.74 bits per heavy atom. The molecule has 3 atom stereocenters. The summed E-state index contributed by atoms with van der Waals surface area (Å²) in [5.74, 6) is -1.82. The number of ether oxygens (including phenoxy) is 1. The van der Waals surface area contributed by atoms with E-state index in [0.717, 1.165) is 10.6 Å². The highest BCUT2D eigenvalue weighted by molar-refractivity contribution is 8.03. The molecule has 35 heavy (non-hydrogen) atoms. The van der Waals surface area contributed by atoms with Crippen LogP contribution in [0, 0.1) is 5.92 Å². The minimum Gasteiger partial charge on any atom is -0.497 e. The first kappa shape index (κ1) is 26.3. The summed E-state index contributed by atoms with van der Waals surface area (Å²) in [6.45, 7) is 5.08. The third-order valence-corrected chi connectivity index (χ3v) is 7.15. The minimum atomic E-state index is -1.92. The van der Waals surface area contributed by atoms with E-state index in [1.807, 2.05) is 19.9 Å². The number of hydrogen-bond donors (Lipinski definition) is 2. The van der Waals surface area contributed by atoms with Gasteiger partial charge < -0.3 is 14.9 Å². The molecule has 0 saturated carbocycles. The lowest BCUT2D eigenvalue weighted by atomic mass is 9.99. The zero-order valence-electron chi connectivity index (χ0n) is 20.1. The zero-order valence-corrected chi connectivity index (χ0v) is 20.9. The number of thioether (sulfide) groups is 1. The van der Waals surface area contributed by atoms with Gasteiger partial charge in [-0.15, -0.1) is 11.8 Å². The van der Waals surface area contributed by atoms with Gasteiger partial charge in [0.05, 0.1) is 24.1 Å². The fourth-order valence-electron chi connectivity index (χ4n) is 3.98. The predicted octanol–water partition coefficient (Wildman–Crippen LogP) is 3.41. The molecule has 2 aromatic carbocycles. The molecule has 1 heterocycles. The van der Waals surface area contributed by atoms with Gasteiger partial charge in [-0.05, 0) is 47.6 Å². The van der Waals surface area contributed by atoms with Crippen molar-refractivity contribution in [3.05, 3.63) is 71.1 Å². The maximum atomic E-state index is 13.8. The third kappa shape index (κ3) is 5.86.